The van der Waals surface area contributed by atoms with E-state index in [-0.39, 0.29) is 5.69 Å². The largest absolute Gasteiger partial charge is 0.378 e. The lowest BCUT2D eigenvalue weighted by Crippen LogP contribution is -2.37. The smallest absolute Gasteiger partial charge is 0.287 e. The second kappa shape index (κ2) is 7.01. The van der Waals surface area contributed by atoms with Gasteiger partial charge in [-0.3, -0.25) is 10.1 Å². The molecule has 3 rings (SSSR count). The van der Waals surface area contributed by atoms with Crippen LogP contribution in [0.2, 0.25) is 0 Å². The van der Waals surface area contributed by atoms with E-state index >= 15 is 0 Å². The van der Waals surface area contributed by atoms with Crippen LogP contribution in [0.5, 0.6) is 0 Å². The summed E-state index contributed by atoms with van der Waals surface area (Å²) in [4.78, 5) is 20.9. The quantitative estimate of drug-likeness (QED) is 0.664. The van der Waals surface area contributed by atoms with E-state index in [1.807, 2.05) is 12.1 Å². The van der Waals surface area contributed by atoms with Gasteiger partial charge >= 0.3 is 0 Å². The van der Waals surface area contributed by atoms with Crippen LogP contribution in [0, 0.1) is 10.1 Å². The molecule has 1 saturated heterocycles. The Bertz CT molecular complexity index is 671. The number of anilines is 2. The summed E-state index contributed by atoms with van der Waals surface area (Å²) in [5.74, 6) is 1.53. The topological polar surface area (TPSA) is 93.4 Å². The predicted molar refractivity (Wildman–Crippen MR) is 85.5 cm³/mol. The molecule has 1 aliphatic rings. The molecule has 0 amide bonds. The molecule has 1 N–H and O–H groups in total. The summed E-state index contributed by atoms with van der Waals surface area (Å²) in [6.45, 7) is 3.59. The highest BCUT2D eigenvalue weighted by molar-refractivity contribution is 5.49. The Balaban J connectivity index is 1.69. The minimum absolute atomic E-state index is 0.0223. The van der Waals surface area contributed by atoms with Crippen LogP contribution in [-0.4, -0.2) is 41.2 Å². The average molecular weight is 315 g/mol. The number of ether oxygens (including phenoxy) is 1. The number of aromatic nitrogens is 2. The van der Waals surface area contributed by atoms with E-state index in [9.17, 15) is 10.1 Å². The van der Waals surface area contributed by atoms with Gasteiger partial charge in [0, 0.05) is 37.5 Å². The Labute approximate surface area is 133 Å². The van der Waals surface area contributed by atoms with Crippen molar-refractivity contribution in [3.63, 3.8) is 0 Å². The van der Waals surface area contributed by atoms with E-state index < -0.39 is 4.92 Å². The van der Waals surface area contributed by atoms with Crippen molar-refractivity contribution < 1.29 is 9.66 Å². The normalized spacial score (nSPS) is 14.5. The van der Waals surface area contributed by atoms with Gasteiger partial charge in [-0.05, 0) is 12.1 Å². The first-order chi connectivity index (χ1) is 11.2. The zero-order chi connectivity index (χ0) is 16.1. The minimum atomic E-state index is -0.464. The molecule has 120 valence electrons. The number of nitro groups is 1. The lowest BCUT2D eigenvalue weighted by atomic mass is 10.2. The summed E-state index contributed by atoms with van der Waals surface area (Å²) in [5, 5.41) is 13.8. The van der Waals surface area contributed by atoms with Gasteiger partial charge in [0.15, 0.2) is 0 Å². The fourth-order valence-electron chi connectivity index (χ4n) is 2.41. The van der Waals surface area contributed by atoms with Crippen LogP contribution in [0.15, 0.2) is 36.7 Å². The third kappa shape index (κ3) is 3.72. The number of nitrogens with zero attached hydrogens (tertiary/aromatic N) is 4. The molecule has 8 heteroatoms. The molecule has 0 unspecified atom stereocenters. The summed E-state index contributed by atoms with van der Waals surface area (Å²) in [6, 6.07) is 6.94. The van der Waals surface area contributed by atoms with Crippen LogP contribution in [0.3, 0.4) is 0 Å². The molecular weight excluding hydrogens is 298 g/mol. The van der Waals surface area contributed by atoms with Gasteiger partial charge in [-0.2, -0.15) is 0 Å². The van der Waals surface area contributed by atoms with Gasteiger partial charge in [-0.15, -0.1) is 0 Å². The molecule has 8 nitrogen and oxygen atoms in total. The SMILES string of the molecule is O=[N+]([O-])c1ccc(NCc2cccnc2N2CCOCC2)nc1. The predicted octanol–water partition coefficient (Wildman–Crippen LogP) is 1.83. The average Bonchev–Trinajstić information content (AvgIpc) is 2.61. The van der Waals surface area contributed by atoms with Crippen molar-refractivity contribution >= 4 is 17.3 Å². The molecule has 1 fully saturated rings. The van der Waals surface area contributed by atoms with Crippen molar-refractivity contribution in [1.82, 2.24) is 9.97 Å². The highest BCUT2D eigenvalue weighted by Gasteiger charge is 2.15. The lowest BCUT2D eigenvalue weighted by molar-refractivity contribution is -0.385. The van der Waals surface area contributed by atoms with E-state index in [1.54, 1.807) is 12.3 Å². The van der Waals surface area contributed by atoms with Gasteiger partial charge in [0.2, 0.25) is 0 Å². The molecule has 0 radical (unpaired) electrons. The fourth-order valence-corrected chi connectivity index (χ4v) is 2.41. The molecular formula is C15H17N5O3. The monoisotopic (exact) mass is 315 g/mol. The van der Waals surface area contributed by atoms with E-state index in [0.717, 1.165) is 24.5 Å². The molecule has 0 bridgehead atoms. The zero-order valence-electron chi connectivity index (χ0n) is 12.5. The molecule has 3 heterocycles. The summed E-state index contributed by atoms with van der Waals surface area (Å²) in [6.07, 6.45) is 3.02. The molecule has 0 saturated carbocycles. The minimum Gasteiger partial charge on any atom is -0.378 e. The van der Waals surface area contributed by atoms with Gasteiger partial charge in [0.05, 0.1) is 18.1 Å². The number of hydrogen-bond acceptors (Lipinski definition) is 7. The second-order valence-electron chi connectivity index (χ2n) is 5.10. The maximum atomic E-state index is 10.6. The van der Waals surface area contributed by atoms with Crippen LogP contribution in [0.25, 0.3) is 0 Å². The van der Waals surface area contributed by atoms with E-state index in [2.05, 4.69) is 20.2 Å². The number of rotatable bonds is 5. The van der Waals surface area contributed by atoms with Crippen molar-refractivity contribution in [1.29, 1.82) is 0 Å². The van der Waals surface area contributed by atoms with Crippen LogP contribution < -0.4 is 10.2 Å². The third-order valence-electron chi connectivity index (χ3n) is 3.60. The number of hydrogen-bond donors (Lipinski definition) is 1. The maximum absolute atomic E-state index is 10.6. The summed E-state index contributed by atoms with van der Waals surface area (Å²) >= 11 is 0. The van der Waals surface area contributed by atoms with Crippen LogP contribution in [0.4, 0.5) is 17.3 Å². The molecule has 0 aromatic carbocycles. The number of morpholine rings is 1. The first kappa shape index (κ1) is 15.2. The van der Waals surface area contributed by atoms with E-state index in [1.165, 1.54) is 12.3 Å². The summed E-state index contributed by atoms with van der Waals surface area (Å²) in [5.41, 5.74) is 1.03. The first-order valence-corrected chi connectivity index (χ1v) is 7.35. The van der Waals surface area contributed by atoms with Gasteiger partial charge in [0.1, 0.15) is 17.8 Å². The molecule has 0 spiro atoms. The third-order valence-corrected chi connectivity index (χ3v) is 3.60. The number of nitrogens with one attached hydrogen (secondary N) is 1. The molecule has 0 aliphatic carbocycles. The molecule has 2 aromatic heterocycles. The molecule has 23 heavy (non-hydrogen) atoms. The van der Waals surface area contributed by atoms with E-state index in [0.29, 0.717) is 25.6 Å². The number of pyridine rings is 2. The summed E-state index contributed by atoms with van der Waals surface area (Å²) in [7, 11) is 0. The van der Waals surface area contributed by atoms with Gasteiger partial charge in [-0.25, -0.2) is 9.97 Å². The highest BCUT2D eigenvalue weighted by atomic mass is 16.6. The highest BCUT2D eigenvalue weighted by Crippen LogP contribution is 2.20. The second-order valence-corrected chi connectivity index (χ2v) is 5.10. The lowest BCUT2D eigenvalue weighted by Gasteiger charge is -2.29. The van der Waals surface area contributed by atoms with Crippen molar-refractivity contribution in [2.24, 2.45) is 0 Å². The Morgan fingerprint density at radius 2 is 2.09 bits per heavy atom. The van der Waals surface area contributed by atoms with Gasteiger partial charge in [0.25, 0.3) is 5.69 Å². The maximum Gasteiger partial charge on any atom is 0.287 e. The van der Waals surface area contributed by atoms with Crippen molar-refractivity contribution in [3.8, 4) is 0 Å². The van der Waals surface area contributed by atoms with Crippen molar-refractivity contribution in [2.75, 3.05) is 36.5 Å². The zero-order valence-corrected chi connectivity index (χ0v) is 12.5. The van der Waals surface area contributed by atoms with Crippen LogP contribution >= 0.6 is 0 Å². The Morgan fingerprint density at radius 3 is 2.78 bits per heavy atom. The Morgan fingerprint density at radius 1 is 1.26 bits per heavy atom. The van der Waals surface area contributed by atoms with Gasteiger partial charge < -0.3 is 15.0 Å². The Kier molecular flexibility index (Phi) is 4.62. The van der Waals surface area contributed by atoms with Crippen LogP contribution in [0.1, 0.15) is 5.56 Å². The Hall–Kier alpha value is -2.74. The molecule has 2 aromatic rings. The first-order valence-electron chi connectivity index (χ1n) is 7.35. The summed E-state index contributed by atoms with van der Waals surface area (Å²) < 4.78 is 5.37. The fraction of sp³-hybridized carbons (Fsp3) is 0.333. The van der Waals surface area contributed by atoms with E-state index in [4.69, 9.17) is 4.74 Å². The van der Waals surface area contributed by atoms with Crippen LogP contribution in [-0.2, 0) is 11.3 Å². The van der Waals surface area contributed by atoms with Crippen molar-refractivity contribution in [2.45, 2.75) is 6.54 Å². The van der Waals surface area contributed by atoms with Crippen molar-refractivity contribution in [3.05, 3.63) is 52.3 Å². The molecule has 0 atom stereocenters. The van der Waals surface area contributed by atoms with Gasteiger partial charge in [-0.1, -0.05) is 6.07 Å². The standard InChI is InChI=1S/C15H17N5O3/c21-20(22)13-3-4-14(18-11-13)17-10-12-2-1-5-16-15(12)19-6-8-23-9-7-19/h1-5,11H,6-10H2,(H,17,18). The molecule has 1 aliphatic heterocycles.